The number of hydrogen-bond donors (Lipinski definition) is 3. The smallest absolute Gasteiger partial charge is 0.173 e. The maximum atomic E-state index is 10.0. The van der Waals surface area contributed by atoms with Crippen molar-refractivity contribution >= 4 is 11.8 Å². The minimum atomic E-state index is -1.22. The minimum absolute atomic E-state index is 0.296. The van der Waals surface area contributed by atoms with Gasteiger partial charge in [-0.05, 0) is 19.9 Å². The Morgan fingerprint density at radius 1 is 1.26 bits per heavy atom. The Kier molecular flexibility index (Phi) is 4.58. The number of pyridine rings is 1. The summed E-state index contributed by atoms with van der Waals surface area (Å²) in [5, 5.41) is 33.2. The van der Waals surface area contributed by atoms with Crippen LogP contribution in [-0.4, -0.2) is 55.0 Å². The lowest BCUT2D eigenvalue weighted by atomic mass is 10.1. The molecule has 3 heterocycles. The standard InChI is InChI=1S/C15H18N2O5S/c1-7-12(8(2)22-17-7)10-5-9(3-4-16-10)21-15-14(20)13(19)11(18)6-23-15/h3-5,11,13-15,18-20H,6H2,1-2H3/t11-,13+,14-,15+/m1/s1. The molecule has 8 heteroatoms. The van der Waals surface area contributed by atoms with Crippen molar-refractivity contribution in [3.05, 3.63) is 29.8 Å². The van der Waals surface area contributed by atoms with Crippen molar-refractivity contribution in [3.8, 4) is 17.0 Å². The third-order valence-electron chi connectivity index (χ3n) is 3.73. The SMILES string of the molecule is Cc1noc(C)c1-c1cc(O[C@H]2SC[C@@H](O)[C@H](O)[C@H]2O)ccn1. The van der Waals surface area contributed by atoms with E-state index in [4.69, 9.17) is 9.26 Å². The highest BCUT2D eigenvalue weighted by Gasteiger charge is 2.38. The Balaban J connectivity index is 1.81. The molecule has 0 aliphatic carbocycles. The number of aliphatic hydroxyl groups excluding tert-OH is 3. The van der Waals surface area contributed by atoms with Gasteiger partial charge in [-0.25, -0.2) is 0 Å². The van der Waals surface area contributed by atoms with E-state index >= 15 is 0 Å². The van der Waals surface area contributed by atoms with Crippen molar-refractivity contribution in [3.63, 3.8) is 0 Å². The number of aryl methyl sites for hydroxylation is 2. The van der Waals surface area contributed by atoms with E-state index in [1.54, 1.807) is 18.3 Å². The zero-order valence-electron chi connectivity index (χ0n) is 12.7. The summed E-state index contributed by atoms with van der Waals surface area (Å²) in [7, 11) is 0. The summed E-state index contributed by atoms with van der Waals surface area (Å²) in [4.78, 5) is 4.30. The topological polar surface area (TPSA) is 109 Å². The zero-order chi connectivity index (χ0) is 16.6. The van der Waals surface area contributed by atoms with Gasteiger partial charge in [0.2, 0.25) is 0 Å². The molecule has 3 N–H and O–H groups in total. The van der Waals surface area contributed by atoms with E-state index in [9.17, 15) is 15.3 Å². The van der Waals surface area contributed by atoms with Crippen LogP contribution in [0.1, 0.15) is 11.5 Å². The van der Waals surface area contributed by atoms with Crippen LogP contribution in [0.4, 0.5) is 0 Å². The summed E-state index contributed by atoms with van der Waals surface area (Å²) in [6.45, 7) is 3.64. The third-order valence-corrected chi connectivity index (χ3v) is 4.96. The molecule has 3 rings (SSSR count). The summed E-state index contributed by atoms with van der Waals surface area (Å²) in [5.41, 5.74) is 1.54. The van der Waals surface area contributed by atoms with Crippen LogP contribution in [0.15, 0.2) is 22.9 Å². The lowest BCUT2D eigenvalue weighted by Crippen LogP contribution is -2.50. The van der Waals surface area contributed by atoms with Crippen LogP contribution in [0.3, 0.4) is 0 Å². The number of rotatable bonds is 3. The Bertz CT molecular complexity index is 673. The molecular weight excluding hydrogens is 320 g/mol. The first-order valence-electron chi connectivity index (χ1n) is 7.19. The number of aliphatic hydroxyl groups is 3. The quantitative estimate of drug-likeness (QED) is 0.757. The molecule has 1 aliphatic rings. The highest BCUT2D eigenvalue weighted by molar-refractivity contribution is 7.99. The van der Waals surface area contributed by atoms with E-state index in [0.717, 1.165) is 11.3 Å². The van der Waals surface area contributed by atoms with Crippen LogP contribution in [0.5, 0.6) is 5.75 Å². The molecule has 1 saturated heterocycles. The highest BCUT2D eigenvalue weighted by atomic mass is 32.2. The van der Waals surface area contributed by atoms with Gasteiger partial charge in [-0.15, -0.1) is 11.8 Å². The Hall–Kier alpha value is -1.61. The predicted molar refractivity (Wildman–Crippen MR) is 84.1 cm³/mol. The van der Waals surface area contributed by atoms with E-state index < -0.39 is 23.7 Å². The van der Waals surface area contributed by atoms with Crippen LogP contribution in [0.2, 0.25) is 0 Å². The Morgan fingerprint density at radius 2 is 2.04 bits per heavy atom. The molecule has 0 saturated carbocycles. The van der Waals surface area contributed by atoms with Gasteiger partial charge in [0.05, 0.1) is 23.1 Å². The van der Waals surface area contributed by atoms with Gasteiger partial charge >= 0.3 is 0 Å². The number of nitrogens with zero attached hydrogens (tertiary/aromatic N) is 2. The molecule has 0 bridgehead atoms. The predicted octanol–water partition coefficient (Wildman–Crippen LogP) is 0.888. The molecule has 1 fully saturated rings. The maximum Gasteiger partial charge on any atom is 0.173 e. The fourth-order valence-electron chi connectivity index (χ4n) is 2.49. The molecule has 23 heavy (non-hydrogen) atoms. The first kappa shape index (κ1) is 16.3. The van der Waals surface area contributed by atoms with Crippen LogP contribution < -0.4 is 4.74 Å². The van der Waals surface area contributed by atoms with Crippen molar-refractivity contribution in [2.75, 3.05) is 5.75 Å². The van der Waals surface area contributed by atoms with Crippen molar-refractivity contribution in [1.82, 2.24) is 10.1 Å². The first-order valence-corrected chi connectivity index (χ1v) is 8.24. The van der Waals surface area contributed by atoms with E-state index in [0.29, 0.717) is 23.0 Å². The lowest BCUT2D eigenvalue weighted by Gasteiger charge is -2.34. The molecule has 0 unspecified atom stereocenters. The fraction of sp³-hybridized carbons (Fsp3) is 0.467. The Labute approximate surface area is 137 Å². The molecule has 2 aromatic rings. The number of thioether (sulfide) groups is 1. The lowest BCUT2D eigenvalue weighted by molar-refractivity contribution is -0.0786. The van der Waals surface area contributed by atoms with Crippen molar-refractivity contribution < 1.29 is 24.6 Å². The summed E-state index contributed by atoms with van der Waals surface area (Å²) in [6.07, 6.45) is -1.74. The molecule has 1 aliphatic heterocycles. The average molecular weight is 338 g/mol. The second kappa shape index (κ2) is 6.48. The zero-order valence-corrected chi connectivity index (χ0v) is 13.5. The molecule has 0 aromatic carbocycles. The van der Waals surface area contributed by atoms with Crippen molar-refractivity contribution in [2.45, 2.75) is 37.6 Å². The van der Waals surface area contributed by atoms with Gasteiger partial charge in [0, 0.05) is 18.0 Å². The summed E-state index contributed by atoms with van der Waals surface area (Å²) in [5.74, 6) is 1.47. The minimum Gasteiger partial charge on any atom is -0.477 e. The molecule has 0 radical (unpaired) electrons. The molecular formula is C15H18N2O5S. The van der Waals surface area contributed by atoms with Gasteiger partial charge in [0.25, 0.3) is 0 Å². The van der Waals surface area contributed by atoms with Crippen LogP contribution in [-0.2, 0) is 0 Å². The van der Waals surface area contributed by atoms with Gasteiger partial charge in [-0.3, -0.25) is 4.98 Å². The fourth-order valence-corrected chi connectivity index (χ4v) is 3.61. The molecule has 0 spiro atoms. The highest BCUT2D eigenvalue weighted by Crippen LogP contribution is 2.31. The Morgan fingerprint density at radius 3 is 2.74 bits per heavy atom. The van der Waals surface area contributed by atoms with Gasteiger partial charge in [0.15, 0.2) is 5.44 Å². The average Bonchev–Trinajstić information content (AvgIpc) is 2.87. The molecule has 124 valence electrons. The second-order valence-corrected chi connectivity index (χ2v) is 6.58. The van der Waals surface area contributed by atoms with Crippen LogP contribution in [0, 0.1) is 13.8 Å². The maximum absolute atomic E-state index is 10.0. The summed E-state index contributed by atoms with van der Waals surface area (Å²) < 4.78 is 10.9. The molecule has 4 atom stereocenters. The van der Waals surface area contributed by atoms with Crippen molar-refractivity contribution in [1.29, 1.82) is 0 Å². The first-order chi connectivity index (χ1) is 11.0. The van der Waals surface area contributed by atoms with E-state index in [2.05, 4.69) is 10.1 Å². The van der Waals surface area contributed by atoms with Crippen LogP contribution in [0.25, 0.3) is 11.3 Å². The van der Waals surface area contributed by atoms with E-state index in [1.165, 1.54) is 11.8 Å². The second-order valence-electron chi connectivity index (χ2n) is 5.44. The van der Waals surface area contributed by atoms with Crippen molar-refractivity contribution in [2.24, 2.45) is 0 Å². The summed E-state index contributed by atoms with van der Waals surface area (Å²) in [6, 6.07) is 3.41. The third kappa shape index (κ3) is 3.20. The van der Waals surface area contributed by atoms with Gasteiger partial charge in [0.1, 0.15) is 23.7 Å². The van der Waals surface area contributed by atoms with Crippen LogP contribution >= 0.6 is 11.8 Å². The summed E-state index contributed by atoms with van der Waals surface area (Å²) >= 11 is 1.25. The number of ether oxygens (including phenoxy) is 1. The van der Waals surface area contributed by atoms with Gasteiger partial charge < -0.3 is 24.6 Å². The monoisotopic (exact) mass is 338 g/mol. The van der Waals surface area contributed by atoms with Gasteiger partial charge in [-0.2, -0.15) is 0 Å². The largest absolute Gasteiger partial charge is 0.477 e. The molecule has 0 amide bonds. The number of aromatic nitrogens is 2. The number of hydrogen-bond acceptors (Lipinski definition) is 8. The normalized spacial score (nSPS) is 27.9. The molecule has 2 aromatic heterocycles. The van der Waals surface area contributed by atoms with E-state index in [-0.39, 0.29) is 0 Å². The van der Waals surface area contributed by atoms with E-state index in [1.807, 2.05) is 13.8 Å². The molecule has 7 nitrogen and oxygen atoms in total. The van der Waals surface area contributed by atoms with Gasteiger partial charge in [-0.1, -0.05) is 5.16 Å².